The predicted molar refractivity (Wildman–Crippen MR) is 130 cm³/mol. The molecule has 11 heteroatoms. The Morgan fingerprint density at radius 1 is 1.14 bits per heavy atom. The summed E-state index contributed by atoms with van der Waals surface area (Å²) in [5, 5.41) is 4.07. The average Bonchev–Trinajstić information content (AvgIpc) is 3.27. The molecule has 2 aliphatic rings. The van der Waals surface area contributed by atoms with E-state index in [4.69, 9.17) is 15.2 Å². The number of halogens is 2. The van der Waals surface area contributed by atoms with Gasteiger partial charge in [0.15, 0.2) is 17.2 Å². The van der Waals surface area contributed by atoms with Crippen molar-refractivity contribution in [3.63, 3.8) is 0 Å². The molecule has 37 heavy (non-hydrogen) atoms. The molecule has 5 heterocycles. The molecule has 190 valence electrons. The lowest BCUT2D eigenvalue weighted by Gasteiger charge is -2.30. The van der Waals surface area contributed by atoms with E-state index in [1.165, 1.54) is 6.07 Å². The lowest BCUT2D eigenvalue weighted by molar-refractivity contribution is 0.0232. The van der Waals surface area contributed by atoms with Crippen molar-refractivity contribution in [3.05, 3.63) is 71.2 Å². The Labute approximate surface area is 210 Å². The molecule has 0 aliphatic carbocycles. The van der Waals surface area contributed by atoms with Crippen LogP contribution in [0.1, 0.15) is 34.5 Å². The van der Waals surface area contributed by atoms with E-state index in [0.717, 1.165) is 17.2 Å². The van der Waals surface area contributed by atoms with E-state index in [0.29, 0.717) is 61.5 Å². The van der Waals surface area contributed by atoms with E-state index in [2.05, 4.69) is 15.1 Å². The summed E-state index contributed by atoms with van der Waals surface area (Å²) in [5.74, 6) is -1.60. The van der Waals surface area contributed by atoms with Crippen LogP contribution >= 0.6 is 0 Å². The number of nitrogens with zero attached hydrogens (tertiary/aromatic N) is 5. The summed E-state index contributed by atoms with van der Waals surface area (Å²) in [6.07, 6.45) is 4.99. The maximum absolute atomic E-state index is 14.8. The zero-order valence-electron chi connectivity index (χ0n) is 19.9. The van der Waals surface area contributed by atoms with Crippen molar-refractivity contribution in [2.24, 2.45) is 0 Å². The number of fused-ring (bicyclic) bond motifs is 2. The molecule has 2 aliphatic heterocycles. The lowest BCUT2D eigenvalue weighted by atomic mass is 9.99. The van der Waals surface area contributed by atoms with Crippen LogP contribution in [0.5, 0.6) is 5.75 Å². The van der Waals surface area contributed by atoms with Crippen LogP contribution in [0, 0.1) is 11.6 Å². The fraction of sp³-hybridized carbons (Fsp3) is 0.308. The predicted octanol–water partition coefficient (Wildman–Crippen LogP) is 3.41. The third-order valence-electron chi connectivity index (χ3n) is 6.69. The first kappa shape index (κ1) is 23.3. The normalized spacial score (nSPS) is 16.3. The van der Waals surface area contributed by atoms with Gasteiger partial charge in [-0.1, -0.05) is 0 Å². The summed E-state index contributed by atoms with van der Waals surface area (Å²) in [5.41, 5.74) is 9.22. The Morgan fingerprint density at radius 2 is 1.97 bits per heavy atom. The number of carbonyl (C=O) groups is 1. The number of aromatic nitrogens is 4. The van der Waals surface area contributed by atoms with Crippen molar-refractivity contribution in [1.82, 2.24) is 24.5 Å². The second-order valence-corrected chi connectivity index (χ2v) is 9.19. The first-order valence-corrected chi connectivity index (χ1v) is 12.1. The molecule has 1 fully saturated rings. The van der Waals surface area contributed by atoms with Gasteiger partial charge in [0.2, 0.25) is 5.95 Å². The van der Waals surface area contributed by atoms with Gasteiger partial charge in [-0.15, -0.1) is 5.10 Å². The number of hydrogen-bond donors (Lipinski definition) is 1. The molecule has 1 saturated heterocycles. The van der Waals surface area contributed by atoms with Crippen LogP contribution in [0.4, 0.5) is 14.7 Å². The number of carbonyl (C=O) groups excluding carboxylic acids is 1. The Bertz CT molecular complexity index is 1500. The second-order valence-electron chi connectivity index (χ2n) is 9.19. The number of hydrogen-bond acceptors (Lipinski definition) is 7. The van der Waals surface area contributed by atoms with Gasteiger partial charge in [0.1, 0.15) is 11.9 Å². The molecule has 1 amide bonds. The lowest BCUT2D eigenvalue weighted by Crippen LogP contribution is -2.38. The zero-order chi connectivity index (χ0) is 25.5. The van der Waals surface area contributed by atoms with Crippen LogP contribution in [0.2, 0.25) is 0 Å². The molecule has 6 rings (SSSR count). The first-order valence-electron chi connectivity index (χ1n) is 12.1. The molecule has 0 saturated carbocycles. The van der Waals surface area contributed by atoms with Gasteiger partial charge in [0.25, 0.3) is 5.91 Å². The molecular formula is C26H24F2N6O3. The van der Waals surface area contributed by atoms with Crippen LogP contribution in [0.15, 0.2) is 42.7 Å². The third kappa shape index (κ3) is 4.57. The first-order chi connectivity index (χ1) is 17.9. The standard InChI is InChI=1S/C26H24F2N6O3/c27-18-9-17(24(21(28)12-18)37-19-3-7-36-8-4-19)14-33-5-2-22-20(25(33)35)10-16(13-30-22)15-1-6-34-23(11-15)31-26(29)32-34/h1,6,9-13,19H,2-5,7-8,14H2,(H2,29,32). The van der Waals surface area contributed by atoms with Crippen LogP contribution in [-0.4, -0.2) is 56.3 Å². The minimum atomic E-state index is -0.778. The summed E-state index contributed by atoms with van der Waals surface area (Å²) >= 11 is 0. The fourth-order valence-corrected chi connectivity index (χ4v) is 4.81. The van der Waals surface area contributed by atoms with Gasteiger partial charge in [-0.25, -0.2) is 13.3 Å². The smallest absolute Gasteiger partial charge is 0.256 e. The van der Waals surface area contributed by atoms with Crippen molar-refractivity contribution < 1.29 is 23.0 Å². The number of nitrogen functional groups attached to an aromatic ring is 1. The second kappa shape index (κ2) is 9.40. The van der Waals surface area contributed by atoms with Crippen LogP contribution in [-0.2, 0) is 17.7 Å². The van der Waals surface area contributed by atoms with Gasteiger partial charge in [-0.05, 0) is 29.8 Å². The summed E-state index contributed by atoms with van der Waals surface area (Å²) in [7, 11) is 0. The molecule has 1 aromatic carbocycles. The third-order valence-corrected chi connectivity index (χ3v) is 6.69. The highest BCUT2D eigenvalue weighted by atomic mass is 19.1. The Hall–Kier alpha value is -4.12. The molecular weight excluding hydrogens is 482 g/mol. The van der Waals surface area contributed by atoms with Crippen LogP contribution < -0.4 is 10.5 Å². The van der Waals surface area contributed by atoms with E-state index in [9.17, 15) is 13.6 Å². The number of rotatable bonds is 5. The van der Waals surface area contributed by atoms with Gasteiger partial charge in [-0.3, -0.25) is 9.78 Å². The summed E-state index contributed by atoms with van der Waals surface area (Å²) in [6.45, 7) is 1.44. The molecule has 4 aromatic rings. The van der Waals surface area contributed by atoms with Gasteiger partial charge in [-0.2, -0.15) is 4.98 Å². The topological polar surface area (TPSA) is 108 Å². The van der Waals surface area contributed by atoms with Gasteiger partial charge < -0.3 is 20.1 Å². The van der Waals surface area contributed by atoms with Gasteiger partial charge in [0.05, 0.1) is 24.5 Å². The number of amides is 1. The zero-order valence-corrected chi connectivity index (χ0v) is 19.9. The van der Waals surface area contributed by atoms with E-state index in [-0.39, 0.29) is 30.3 Å². The molecule has 2 N–H and O–H groups in total. The van der Waals surface area contributed by atoms with Crippen LogP contribution in [0.3, 0.4) is 0 Å². The Balaban J connectivity index is 1.28. The number of ether oxygens (including phenoxy) is 2. The van der Waals surface area contributed by atoms with Crippen molar-refractivity contribution in [2.75, 3.05) is 25.5 Å². The Morgan fingerprint density at radius 3 is 2.81 bits per heavy atom. The van der Waals surface area contributed by atoms with Crippen molar-refractivity contribution in [2.45, 2.75) is 31.9 Å². The largest absolute Gasteiger partial charge is 0.487 e. The van der Waals surface area contributed by atoms with Gasteiger partial charge in [0, 0.05) is 61.9 Å². The molecule has 0 atom stereocenters. The average molecular weight is 507 g/mol. The highest BCUT2D eigenvalue weighted by molar-refractivity contribution is 5.97. The quantitative estimate of drug-likeness (QED) is 0.442. The molecule has 0 bridgehead atoms. The summed E-state index contributed by atoms with van der Waals surface area (Å²) < 4.78 is 41.8. The van der Waals surface area contributed by atoms with E-state index in [1.54, 1.807) is 27.9 Å². The number of benzene rings is 1. The molecule has 0 unspecified atom stereocenters. The fourth-order valence-electron chi connectivity index (χ4n) is 4.81. The van der Waals surface area contributed by atoms with E-state index in [1.807, 2.05) is 12.1 Å². The summed E-state index contributed by atoms with van der Waals surface area (Å²) in [6, 6.07) is 7.47. The summed E-state index contributed by atoms with van der Waals surface area (Å²) in [4.78, 5) is 23.8. The SMILES string of the molecule is Nc1nc2cc(-c3cnc4c(c3)C(=O)N(Cc3cc(F)cc(F)c3OC3CCOCC3)CC4)ccn2n1. The molecule has 3 aromatic heterocycles. The number of anilines is 1. The number of nitrogens with two attached hydrogens (primary N) is 1. The number of pyridine rings is 2. The van der Waals surface area contributed by atoms with Gasteiger partial charge >= 0.3 is 0 Å². The van der Waals surface area contributed by atoms with Crippen LogP contribution in [0.25, 0.3) is 16.8 Å². The van der Waals surface area contributed by atoms with E-state index < -0.39 is 11.6 Å². The monoisotopic (exact) mass is 506 g/mol. The molecule has 0 spiro atoms. The maximum Gasteiger partial charge on any atom is 0.256 e. The molecule has 9 nitrogen and oxygen atoms in total. The van der Waals surface area contributed by atoms with Crippen molar-refractivity contribution in [1.29, 1.82) is 0 Å². The highest BCUT2D eigenvalue weighted by Crippen LogP contribution is 2.31. The molecule has 0 radical (unpaired) electrons. The minimum Gasteiger partial charge on any atom is -0.487 e. The highest BCUT2D eigenvalue weighted by Gasteiger charge is 2.28. The van der Waals surface area contributed by atoms with Crippen molar-refractivity contribution >= 4 is 17.5 Å². The Kier molecular flexibility index (Phi) is 5.91. The van der Waals surface area contributed by atoms with E-state index >= 15 is 0 Å². The van der Waals surface area contributed by atoms with Crippen molar-refractivity contribution in [3.8, 4) is 16.9 Å². The minimum absolute atomic E-state index is 0.0142. The maximum atomic E-state index is 14.8.